The lowest BCUT2D eigenvalue weighted by Gasteiger charge is -2.26. The topological polar surface area (TPSA) is 3.24 Å². The van der Waals surface area contributed by atoms with Crippen molar-refractivity contribution in [3.05, 3.63) is 139 Å². The van der Waals surface area contributed by atoms with Crippen LogP contribution in [-0.4, -0.2) is 0 Å². The Labute approximate surface area is 213 Å². The molecule has 174 valence electrons. The molecular weight excluding hydrogens is 434 g/mol. The summed E-state index contributed by atoms with van der Waals surface area (Å²) in [6.07, 6.45) is 2.27. The van der Waals surface area contributed by atoms with Crippen LogP contribution in [0.5, 0.6) is 0 Å². The Kier molecular flexibility index (Phi) is 5.97. The van der Waals surface area contributed by atoms with Gasteiger partial charge < -0.3 is 4.90 Å². The SMILES string of the molecule is CCCc1ccc(N(c2ccccc2)c2ccc(-c3c4ccccc4cc4ccccc34)cc2)cc1. The third kappa shape index (κ3) is 4.14. The molecule has 1 nitrogen and oxygen atoms in total. The van der Waals surface area contributed by atoms with Crippen molar-refractivity contribution < 1.29 is 0 Å². The van der Waals surface area contributed by atoms with Crippen molar-refractivity contribution in [1.82, 2.24) is 0 Å². The van der Waals surface area contributed by atoms with Crippen molar-refractivity contribution in [2.75, 3.05) is 4.90 Å². The smallest absolute Gasteiger partial charge is 0.0462 e. The summed E-state index contributed by atoms with van der Waals surface area (Å²) in [7, 11) is 0. The lowest BCUT2D eigenvalue weighted by molar-refractivity contribution is 0.922. The van der Waals surface area contributed by atoms with Crippen molar-refractivity contribution >= 4 is 38.6 Å². The molecule has 6 aromatic rings. The standard InChI is InChI=1S/C35H29N/c1-2-10-26-17-21-31(22-18-26)36(30-13-4-3-5-14-30)32-23-19-27(20-24-32)35-33-15-8-6-11-28(33)25-29-12-7-9-16-34(29)35/h3-9,11-25H,2,10H2,1H3. The van der Waals surface area contributed by atoms with Gasteiger partial charge in [0.05, 0.1) is 0 Å². The van der Waals surface area contributed by atoms with Gasteiger partial charge in [0, 0.05) is 17.1 Å². The number of benzene rings is 6. The van der Waals surface area contributed by atoms with Crippen LogP contribution in [0.2, 0.25) is 0 Å². The first-order valence-electron chi connectivity index (χ1n) is 12.8. The van der Waals surface area contributed by atoms with E-state index < -0.39 is 0 Å². The highest BCUT2D eigenvalue weighted by atomic mass is 15.1. The summed E-state index contributed by atoms with van der Waals surface area (Å²) in [5, 5.41) is 5.12. The number of para-hydroxylation sites is 1. The van der Waals surface area contributed by atoms with E-state index in [2.05, 4.69) is 145 Å². The fourth-order valence-corrected chi connectivity index (χ4v) is 5.23. The number of hydrogen-bond donors (Lipinski definition) is 0. The Morgan fingerprint density at radius 3 is 1.58 bits per heavy atom. The maximum Gasteiger partial charge on any atom is 0.0462 e. The normalized spacial score (nSPS) is 11.1. The quantitative estimate of drug-likeness (QED) is 0.222. The van der Waals surface area contributed by atoms with Gasteiger partial charge in [-0.25, -0.2) is 0 Å². The zero-order valence-electron chi connectivity index (χ0n) is 20.6. The summed E-state index contributed by atoms with van der Waals surface area (Å²) < 4.78 is 0. The number of anilines is 3. The summed E-state index contributed by atoms with van der Waals surface area (Å²) in [5.41, 5.74) is 7.39. The molecule has 0 aliphatic carbocycles. The molecule has 6 rings (SSSR count). The Hall–Kier alpha value is -4.36. The van der Waals surface area contributed by atoms with Crippen LogP contribution in [0.4, 0.5) is 17.1 Å². The molecule has 36 heavy (non-hydrogen) atoms. The first-order valence-corrected chi connectivity index (χ1v) is 12.8. The van der Waals surface area contributed by atoms with Crippen LogP contribution in [0.1, 0.15) is 18.9 Å². The van der Waals surface area contributed by atoms with Crippen LogP contribution < -0.4 is 4.90 Å². The lowest BCUT2D eigenvalue weighted by atomic mass is 9.92. The van der Waals surface area contributed by atoms with Crippen LogP contribution in [0.25, 0.3) is 32.7 Å². The number of fused-ring (bicyclic) bond motifs is 2. The highest BCUT2D eigenvalue weighted by Crippen LogP contribution is 2.39. The summed E-state index contributed by atoms with van der Waals surface area (Å²) in [4.78, 5) is 2.33. The van der Waals surface area contributed by atoms with E-state index in [1.807, 2.05) is 0 Å². The molecule has 0 aliphatic rings. The molecule has 0 unspecified atom stereocenters. The molecule has 0 saturated carbocycles. The summed E-state index contributed by atoms with van der Waals surface area (Å²) in [6, 6.07) is 48.3. The maximum absolute atomic E-state index is 2.33. The molecule has 1 heteroatoms. The summed E-state index contributed by atoms with van der Waals surface area (Å²) in [6.45, 7) is 2.23. The molecule has 0 atom stereocenters. The van der Waals surface area contributed by atoms with E-state index in [1.165, 1.54) is 43.9 Å². The molecule has 0 fully saturated rings. The van der Waals surface area contributed by atoms with Crippen molar-refractivity contribution in [2.24, 2.45) is 0 Å². The number of nitrogens with zero attached hydrogens (tertiary/aromatic N) is 1. The van der Waals surface area contributed by atoms with E-state index in [4.69, 9.17) is 0 Å². The van der Waals surface area contributed by atoms with Crippen LogP contribution in [-0.2, 0) is 6.42 Å². The zero-order chi connectivity index (χ0) is 24.3. The van der Waals surface area contributed by atoms with E-state index in [9.17, 15) is 0 Å². The minimum absolute atomic E-state index is 1.11. The van der Waals surface area contributed by atoms with Crippen molar-refractivity contribution in [1.29, 1.82) is 0 Å². The second-order valence-corrected chi connectivity index (χ2v) is 9.33. The number of hydrogen-bond acceptors (Lipinski definition) is 1. The van der Waals surface area contributed by atoms with Crippen LogP contribution in [0.3, 0.4) is 0 Å². The minimum atomic E-state index is 1.11. The Bertz CT molecular complexity index is 1560. The van der Waals surface area contributed by atoms with E-state index >= 15 is 0 Å². The molecule has 0 heterocycles. The number of aryl methyl sites for hydroxylation is 1. The number of rotatable bonds is 6. The maximum atomic E-state index is 2.33. The molecule has 0 aromatic heterocycles. The largest absolute Gasteiger partial charge is 0.311 e. The third-order valence-corrected chi connectivity index (χ3v) is 6.93. The van der Waals surface area contributed by atoms with Gasteiger partial charge >= 0.3 is 0 Å². The second kappa shape index (κ2) is 9.71. The van der Waals surface area contributed by atoms with Gasteiger partial charge in [0.2, 0.25) is 0 Å². The van der Waals surface area contributed by atoms with E-state index in [-0.39, 0.29) is 0 Å². The van der Waals surface area contributed by atoms with Crippen LogP contribution in [0.15, 0.2) is 133 Å². The molecule has 0 N–H and O–H groups in total. The molecule has 0 amide bonds. The van der Waals surface area contributed by atoms with E-state index in [0.29, 0.717) is 0 Å². The molecule has 0 saturated heterocycles. The van der Waals surface area contributed by atoms with Gasteiger partial charge in [0.15, 0.2) is 0 Å². The van der Waals surface area contributed by atoms with Gasteiger partial charge in [-0.05, 0) is 87.1 Å². The highest BCUT2D eigenvalue weighted by molar-refractivity contribution is 6.12. The Morgan fingerprint density at radius 2 is 1.00 bits per heavy atom. The Balaban J connectivity index is 1.47. The molecule has 0 spiro atoms. The van der Waals surface area contributed by atoms with Crippen molar-refractivity contribution in [3.63, 3.8) is 0 Å². The minimum Gasteiger partial charge on any atom is -0.311 e. The summed E-state index contributed by atoms with van der Waals surface area (Å²) in [5.74, 6) is 0. The third-order valence-electron chi connectivity index (χ3n) is 6.93. The monoisotopic (exact) mass is 463 g/mol. The fraction of sp³-hybridized carbons (Fsp3) is 0.0857. The van der Waals surface area contributed by atoms with E-state index in [0.717, 1.165) is 24.2 Å². The first kappa shape index (κ1) is 22.1. The van der Waals surface area contributed by atoms with Gasteiger partial charge in [-0.15, -0.1) is 0 Å². The molecular formula is C35H29N. The molecule has 0 aliphatic heterocycles. The van der Waals surface area contributed by atoms with Crippen molar-refractivity contribution in [2.45, 2.75) is 19.8 Å². The summed E-state index contributed by atoms with van der Waals surface area (Å²) >= 11 is 0. The molecule has 0 bridgehead atoms. The van der Waals surface area contributed by atoms with Crippen LogP contribution >= 0.6 is 0 Å². The zero-order valence-corrected chi connectivity index (χ0v) is 20.6. The van der Waals surface area contributed by atoms with Gasteiger partial charge in [0.1, 0.15) is 0 Å². The lowest BCUT2D eigenvalue weighted by Crippen LogP contribution is -2.09. The predicted octanol–water partition coefficient (Wildman–Crippen LogP) is 10.1. The average molecular weight is 464 g/mol. The fourth-order valence-electron chi connectivity index (χ4n) is 5.23. The predicted molar refractivity (Wildman–Crippen MR) is 156 cm³/mol. The first-order chi connectivity index (χ1) is 17.8. The van der Waals surface area contributed by atoms with Crippen molar-refractivity contribution in [3.8, 4) is 11.1 Å². The van der Waals surface area contributed by atoms with Gasteiger partial charge in [-0.3, -0.25) is 0 Å². The highest BCUT2D eigenvalue weighted by Gasteiger charge is 2.14. The van der Waals surface area contributed by atoms with Crippen LogP contribution in [0, 0.1) is 0 Å². The van der Waals surface area contributed by atoms with Gasteiger partial charge in [-0.1, -0.05) is 104 Å². The van der Waals surface area contributed by atoms with Gasteiger partial charge in [0.25, 0.3) is 0 Å². The van der Waals surface area contributed by atoms with Gasteiger partial charge in [-0.2, -0.15) is 0 Å². The molecule has 0 radical (unpaired) electrons. The van der Waals surface area contributed by atoms with E-state index in [1.54, 1.807) is 0 Å². The Morgan fingerprint density at radius 1 is 0.500 bits per heavy atom. The molecule has 6 aromatic carbocycles. The second-order valence-electron chi connectivity index (χ2n) is 9.33. The average Bonchev–Trinajstić information content (AvgIpc) is 2.94.